The third-order valence-electron chi connectivity index (χ3n) is 3.05. The average Bonchev–Trinajstić information content (AvgIpc) is 3.09. The highest BCUT2D eigenvalue weighted by molar-refractivity contribution is 5.79. The molecule has 2 rings (SSSR count). The zero-order chi connectivity index (χ0) is 13.0. The molecule has 0 saturated heterocycles. The Morgan fingerprint density at radius 1 is 1.61 bits per heavy atom. The van der Waals surface area contributed by atoms with Crippen LogP contribution in [0.15, 0.2) is 17.4 Å². The average molecular weight is 251 g/mol. The number of hydrogen-bond acceptors (Lipinski definition) is 3. The first-order chi connectivity index (χ1) is 8.69. The normalized spacial score (nSPS) is 17.6. The summed E-state index contributed by atoms with van der Waals surface area (Å²) in [7, 11) is 3.57. The topological polar surface area (TPSA) is 74.5 Å². The van der Waals surface area contributed by atoms with Crippen molar-refractivity contribution in [2.24, 2.45) is 18.0 Å². The van der Waals surface area contributed by atoms with E-state index in [0.29, 0.717) is 6.54 Å². The van der Waals surface area contributed by atoms with Crippen molar-refractivity contribution in [3.05, 3.63) is 18.0 Å². The van der Waals surface area contributed by atoms with E-state index >= 15 is 0 Å². The van der Waals surface area contributed by atoms with Crippen molar-refractivity contribution in [3.63, 3.8) is 0 Å². The van der Waals surface area contributed by atoms with Crippen molar-refractivity contribution in [2.45, 2.75) is 18.9 Å². The molecular formula is C12H21N5O. The fourth-order valence-corrected chi connectivity index (χ4v) is 1.71. The SMILES string of the molecule is CN=C(NCC1CC1)NCC(O)c1cnn(C)c1. The van der Waals surface area contributed by atoms with Crippen LogP contribution in [0.5, 0.6) is 0 Å². The molecule has 1 unspecified atom stereocenters. The molecule has 0 aliphatic heterocycles. The lowest BCUT2D eigenvalue weighted by atomic mass is 10.2. The predicted molar refractivity (Wildman–Crippen MR) is 70.3 cm³/mol. The third-order valence-corrected chi connectivity index (χ3v) is 3.05. The summed E-state index contributed by atoms with van der Waals surface area (Å²) in [4.78, 5) is 4.12. The molecule has 18 heavy (non-hydrogen) atoms. The second-order valence-electron chi connectivity index (χ2n) is 4.74. The second-order valence-corrected chi connectivity index (χ2v) is 4.74. The summed E-state index contributed by atoms with van der Waals surface area (Å²) in [6.07, 6.45) is 5.53. The van der Waals surface area contributed by atoms with Crippen LogP contribution in [0.25, 0.3) is 0 Å². The molecule has 3 N–H and O–H groups in total. The summed E-state index contributed by atoms with van der Waals surface area (Å²) in [5.74, 6) is 1.54. The van der Waals surface area contributed by atoms with Crippen LogP contribution in [-0.2, 0) is 7.05 Å². The number of aryl methyl sites for hydroxylation is 1. The van der Waals surface area contributed by atoms with Gasteiger partial charge in [0.2, 0.25) is 0 Å². The van der Waals surface area contributed by atoms with Crippen LogP contribution in [0.2, 0.25) is 0 Å². The maximum atomic E-state index is 9.97. The van der Waals surface area contributed by atoms with Gasteiger partial charge in [0.05, 0.1) is 12.3 Å². The highest BCUT2D eigenvalue weighted by Gasteiger charge is 2.21. The maximum Gasteiger partial charge on any atom is 0.191 e. The zero-order valence-corrected chi connectivity index (χ0v) is 10.9. The van der Waals surface area contributed by atoms with Gasteiger partial charge >= 0.3 is 0 Å². The van der Waals surface area contributed by atoms with Gasteiger partial charge in [-0.15, -0.1) is 0 Å². The number of nitrogens with one attached hydrogen (secondary N) is 2. The van der Waals surface area contributed by atoms with E-state index in [0.717, 1.165) is 24.0 Å². The lowest BCUT2D eigenvalue weighted by molar-refractivity contribution is 0.180. The highest BCUT2D eigenvalue weighted by Crippen LogP contribution is 2.27. The summed E-state index contributed by atoms with van der Waals surface area (Å²) in [5.41, 5.74) is 0.808. The molecule has 1 aromatic heterocycles. The molecule has 1 aliphatic carbocycles. The predicted octanol–water partition coefficient (Wildman–Crippen LogP) is 0.0285. The minimum Gasteiger partial charge on any atom is -0.386 e. The molecule has 0 aromatic carbocycles. The molecule has 1 saturated carbocycles. The molecule has 6 heteroatoms. The van der Waals surface area contributed by atoms with Gasteiger partial charge in [0.15, 0.2) is 5.96 Å². The molecule has 100 valence electrons. The van der Waals surface area contributed by atoms with Crippen molar-refractivity contribution in [3.8, 4) is 0 Å². The number of aromatic nitrogens is 2. The quantitative estimate of drug-likeness (QED) is 0.510. The van der Waals surface area contributed by atoms with Gasteiger partial charge in [-0.05, 0) is 18.8 Å². The number of rotatable bonds is 5. The number of aliphatic hydroxyl groups excluding tert-OH is 1. The zero-order valence-electron chi connectivity index (χ0n) is 10.9. The summed E-state index contributed by atoms with van der Waals surface area (Å²) in [6.45, 7) is 1.39. The van der Waals surface area contributed by atoms with E-state index in [1.54, 1.807) is 17.9 Å². The number of guanidine groups is 1. The Morgan fingerprint density at radius 3 is 2.94 bits per heavy atom. The van der Waals surface area contributed by atoms with Crippen LogP contribution in [0.4, 0.5) is 0 Å². The lowest BCUT2D eigenvalue weighted by Gasteiger charge is -2.14. The van der Waals surface area contributed by atoms with Crippen LogP contribution < -0.4 is 10.6 Å². The van der Waals surface area contributed by atoms with Crippen LogP contribution in [-0.4, -0.2) is 41.0 Å². The van der Waals surface area contributed by atoms with E-state index in [9.17, 15) is 5.11 Å². The van der Waals surface area contributed by atoms with E-state index in [1.807, 2.05) is 13.2 Å². The van der Waals surface area contributed by atoms with Crippen LogP contribution in [0, 0.1) is 5.92 Å². The van der Waals surface area contributed by atoms with E-state index in [4.69, 9.17) is 0 Å². The summed E-state index contributed by atoms with van der Waals surface area (Å²) >= 11 is 0. The molecule has 1 atom stereocenters. The molecule has 0 spiro atoms. The van der Waals surface area contributed by atoms with E-state index in [-0.39, 0.29) is 0 Å². The van der Waals surface area contributed by atoms with Gasteiger partial charge < -0.3 is 15.7 Å². The molecule has 1 fully saturated rings. The van der Waals surface area contributed by atoms with Gasteiger partial charge in [-0.25, -0.2) is 0 Å². The lowest BCUT2D eigenvalue weighted by Crippen LogP contribution is -2.40. The number of hydrogen-bond donors (Lipinski definition) is 3. The van der Waals surface area contributed by atoms with Crippen LogP contribution in [0.3, 0.4) is 0 Å². The van der Waals surface area contributed by atoms with Gasteiger partial charge in [-0.3, -0.25) is 9.67 Å². The molecule has 0 bridgehead atoms. The molecule has 0 amide bonds. The van der Waals surface area contributed by atoms with Crippen molar-refractivity contribution < 1.29 is 5.11 Å². The molecule has 1 heterocycles. The summed E-state index contributed by atoms with van der Waals surface area (Å²) in [5, 5.41) is 20.4. The highest BCUT2D eigenvalue weighted by atomic mass is 16.3. The standard InChI is InChI=1S/C12H21N5O/c1-13-12(14-5-9-3-4-9)15-7-11(18)10-6-16-17(2)8-10/h6,8-9,11,18H,3-5,7H2,1-2H3,(H2,13,14,15). The Morgan fingerprint density at radius 2 is 2.39 bits per heavy atom. The minimum atomic E-state index is -0.571. The summed E-state index contributed by atoms with van der Waals surface area (Å²) < 4.78 is 1.68. The van der Waals surface area contributed by atoms with Crippen LogP contribution >= 0.6 is 0 Å². The Bertz CT molecular complexity index is 410. The molecule has 0 radical (unpaired) electrons. The van der Waals surface area contributed by atoms with Gasteiger partial charge in [-0.2, -0.15) is 5.10 Å². The minimum absolute atomic E-state index is 0.427. The van der Waals surface area contributed by atoms with Gasteiger partial charge in [0, 0.05) is 38.9 Å². The summed E-state index contributed by atoms with van der Waals surface area (Å²) in [6, 6.07) is 0. The molecule has 1 aromatic rings. The fraction of sp³-hybridized carbons (Fsp3) is 0.667. The molecular weight excluding hydrogens is 230 g/mol. The Kier molecular flexibility index (Phi) is 4.19. The van der Waals surface area contributed by atoms with Crippen molar-refractivity contribution in [2.75, 3.05) is 20.1 Å². The first kappa shape index (κ1) is 12.9. The van der Waals surface area contributed by atoms with Crippen molar-refractivity contribution in [1.29, 1.82) is 0 Å². The first-order valence-electron chi connectivity index (χ1n) is 6.30. The van der Waals surface area contributed by atoms with Crippen LogP contribution in [0.1, 0.15) is 24.5 Å². The maximum absolute atomic E-state index is 9.97. The van der Waals surface area contributed by atoms with Gasteiger partial charge in [0.1, 0.15) is 0 Å². The van der Waals surface area contributed by atoms with Crippen molar-refractivity contribution >= 4 is 5.96 Å². The van der Waals surface area contributed by atoms with E-state index in [2.05, 4.69) is 20.7 Å². The molecule has 6 nitrogen and oxygen atoms in total. The Labute approximate surface area is 107 Å². The first-order valence-corrected chi connectivity index (χ1v) is 6.30. The second kappa shape index (κ2) is 5.86. The molecule has 1 aliphatic rings. The fourth-order valence-electron chi connectivity index (χ4n) is 1.71. The Balaban J connectivity index is 1.74. The van der Waals surface area contributed by atoms with Gasteiger partial charge in [-0.1, -0.05) is 0 Å². The van der Waals surface area contributed by atoms with E-state index in [1.165, 1.54) is 12.8 Å². The smallest absolute Gasteiger partial charge is 0.191 e. The number of nitrogens with zero attached hydrogens (tertiary/aromatic N) is 3. The van der Waals surface area contributed by atoms with E-state index < -0.39 is 6.10 Å². The van der Waals surface area contributed by atoms with Gasteiger partial charge in [0.25, 0.3) is 0 Å². The number of aliphatic imine (C=N–C) groups is 1. The third kappa shape index (κ3) is 3.73. The number of aliphatic hydroxyl groups is 1. The Hall–Kier alpha value is -1.56. The van der Waals surface area contributed by atoms with Crippen molar-refractivity contribution in [1.82, 2.24) is 20.4 Å². The largest absolute Gasteiger partial charge is 0.386 e. The monoisotopic (exact) mass is 251 g/mol.